The molecule has 0 radical (unpaired) electrons. The first-order chi connectivity index (χ1) is 16.6. The van der Waals surface area contributed by atoms with Gasteiger partial charge in [0.25, 0.3) is 5.91 Å². The van der Waals surface area contributed by atoms with Crippen molar-refractivity contribution >= 4 is 24.0 Å². The quantitative estimate of drug-likeness (QED) is 0.434. The summed E-state index contributed by atoms with van der Waals surface area (Å²) in [6, 6.07) is 17.2. The summed E-state index contributed by atoms with van der Waals surface area (Å²) in [4.78, 5) is 28.3. The molecule has 0 saturated carbocycles. The van der Waals surface area contributed by atoms with Gasteiger partial charge in [-0.2, -0.15) is 0 Å². The minimum atomic E-state index is -0.251. The van der Waals surface area contributed by atoms with Crippen LogP contribution in [0.25, 0.3) is 0 Å². The third-order valence-electron chi connectivity index (χ3n) is 5.98. The molecule has 8 heteroatoms. The van der Waals surface area contributed by atoms with Gasteiger partial charge in [0.05, 0.1) is 19.8 Å². The highest BCUT2D eigenvalue weighted by molar-refractivity contribution is 7.99. The van der Waals surface area contributed by atoms with Crippen molar-refractivity contribution in [1.82, 2.24) is 4.90 Å². The summed E-state index contributed by atoms with van der Waals surface area (Å²) in [5, 5.41) is -0.251. The first kappa shape index (κ1) is 22.2. The molecule has 0 aliphatic carbocycles. The van der Waals surface area contributed by atoms with Gasteiger partial charge in [-0.25, -0.2) is 0 Å². The van der Waals surface area contributed by atoms with Crippen molar-refractivity contribution < 1.29 is 28.5 Å². The zero-order valence-corrected chi connectivity index (χ0v) is 19.6. The summed E-state index contributed by atoms with van der Waals surface area (Å²) >= 11 is 1.60. The van der Waals surface area contributed by atoms with Gasteiger partial charge in [-0.15, -0.1) is 0 Å². The Kier molecular flexibility index (Phi) is 6.06. The van der Waals surface area contributed by atoms with Gasteiger partial charge in [0.1, 0.15) is 11.7 Å². The third kappa shape index (κ3) is 3.84. The van der Waals surface area contributed by atoms with Gasteiger partial charge in [-0.1, -0.05) is 36.0 Å². The van der Waals surface area contributed by atoms with Crippen molar-refractivity contribution in [3.63, 3.8) is 0 Å². The fourth-order valence-electron chi connectivity index (χ4n) is 4.33. The number of hydrogen-bond acceptors (Lipinski definition) is 7. The SMILES string of the molecule is COc1ccc2c(c1OC)C(=O)N(CCc1cc3c(cc1C=O)OCO3)C2Sc1ccccc1. The summed E-state index contributed by atoms with van der Waals surface area (Å²) in [6.07, 6.45) is 1.29. The van der Waals surface area contributed by atoms with Crippen molar-refractivity contribution in [3.05, 3.63) is 76.9 Å². The maximum Gasteiger partial charge on any atom is 0.259 e. The molecule has 7 nitrogen and oxygen atoms in total. The van der Waals surface area contributed by atoms with Crippen molar-refractivity contribution in [2.24, 2.45) is 0 Å². The minimum absolute atomic E-state index is 0.132. The Morgan fingerprint density at radius 3 is 2.53 bits per heavy atom. The molecule has 0 fully saturated rings. The maximum absolute atomic E-state index is 13.7. The zero-order chi connectivity index (χ0) is 23.7. The van der Waals surface area contributed by atoms with E-state index < -0.39 is 0 Å². The lowest BCUT2D eigenvalue weighted by molar-refractivity contribution is 0.0773. The smallest absolute Gasteiger partial charge is 0.259 e. The van der Waals surface area contributed by atoms with Crippen LogP contribution in [0.15, 0.2) is 59.5 Å². The second-order valence-corrected chi connectivity index (χ2v) is 8.97. The summed E-state index contributed by atoms with van der Waals surface area (Å²) < 4.78 is 21.9. The molecule has 3 aromatic rings. The maximum atomic E-state index is 13.7. The number of aldehydes is 1. The molecule has 2 aliphatic rings. The van der Waals surface area contributed by atoms with Crippen LogP contribution < -0.4 is 18.9 Å². The molecule has 2 aliphatic heterocycles. The van der Waals surface area contributed by atoms with E-state index in [1.165, 1.54) is 7.11 Å². The van der Waals surface area contributed by atoms with Gasteiger partial charge >= 0.3 is 0 Å². The van der Waals surface area contributed by atoms with Gasteiger partial charge in [0, 0.05) is 22.6 Å². The number of rotatable bonds is 8. The number of benzene rings is 3. The van der Waals surface area contributed by atoms with Crippen LogP contribution >= 0.6 is 11.8 Å². The van der Waals surface area contributed by atoms with Crippen LogP contribution in [0.3, 0.4) is 0 Å². The topological polar surface area (TPSA) is 74.3 Å². The van der Waals surface area contributed by atoms with Crippen molar-refractivity contribution in [2.45, 2.75) is 16.7 Å². The van der Waals surface area contributed by atoms with Crippen LogP contribution in [0.2, 0.25) is 0 Å². The lowest BCUT2D eigenvalue weighted by Gasteiger charge is -2.25. The Bertz CT molecular complexity index is 1250. The molecule has 2 heterocycles. The average molecular weight is 478 g/mol. The summed E-state index contributed by atoms with van der Waals surface area (Å²) in [5.41, 5.74) is 2.71. The lowest BCUT2D eigenvalue weighted by atomic mass is 10.0. The Labute approximate surface area is 201 Å². The number of fused-ring (bicyclic) bond motifs is 2. The molecule has 174 valence electrons. The Balaban J connectivity index is 1.50. The summed E-state index contributed by atoms with van der Waals surface area (Å²) in [6.45, 7) is 0.540. The van der Waals surface area contributed by atoms with Crippen LogP contribution in [0, 0.1) is 0 Å². The molecule has 0 N–H and O–H groups in total. The summed E-state index contributed by atoms with van der Waals surface area (Å²) in [5.74, 6) is 1.98. The van der Waals surface area contributed by atoms with Crippen molar-refractivity contribution in [1.29, 1.82) is 0 Å². The largest absolute Gasteiger partial charge is 0.493 e. The number of carbonyl (C=O) groups is 2. The standard InChI is InChI=1S/C26H23NO6S/c1-30-20-9-8-19-23(24(20)31-2)25(29)27(26(19)34-18-6-4-3-5-7-18)11-10-16-12-21-22(33-15-32-21)13-17(16)14-28/h3-9,12-14,26H,10-11,15H2,1-2H3. The zero-order valence-electron chi connectivity index (χ0n) is 18.8. The molecule has 5 rings (SSSR count). The predicted octanol–water partition coefficient (Wildman–Crippen LogP) is 4.73. The molecule has 0 saturated heterocycles. The van der Waals surface area contributed by atoms with Crippen LogP contribution in [0.1, 0.15) is 37.2 Å². The van der Waals surface area contributed by atoms with E-state index >= 15 is 0 Å². The highest BCUT2D eigenvalue weighted by atomic mass is 32.2. The number of ether oxygens (including phenoxy) is 4. The number of nitrogens with zero attached hydrogens (tertiary/aromatic N) is 1. The Morgan fingerprint density at radius 2 is 1.82 bits per heavy atom. The molecule has 1 amide bonds. The molecule has 3 aromatic carbocycles. The average Bonchev–Trinajstić information content (AvgIpc) is 3.44. The van der Waals surface area contributed by atoms with Gasteiger partial charge < -0.3 is 23.8 Å². The molecule has 1 atom stereocenters. The van der Waals surface area contributed by atoms with E-state index in [1.807, 2.05) is 53.4 Å². The van der Waals surface area contributed by atoms with E-state index in [1.54, 1.807) is 24.9 Å². The molecular weight excluding hydrogens is 454 g/mol. The number of hydrogen-bond donors (Lipinski definition) is 0. The highest BCUT2D eigenvalue weighted by Gasteiger charge is 2.40. The molecule has 0 bridgehead atoms. The normalized spacial score (nSPS) is 15.9. The van der Waals surface area contributed by atoms with E-state index in [2.05, 4.69) is 0 Å². The fourth-order valence-corrected chi connectivity index (χ4v) is 5.55. The van der Waals surface area contributed by atoms with E-state index in [0.29, 0.717) is 47.1 Å². The molecule has 1 unspecified atom stereocenters. The second kappa shape index (κ2) is 9.30. The highest BCUT2D eigenvalue weighted by Crippen LogP contribution is 2.49. The fraction of sp³-hybridized carbons (Fsp3) is 0.231. The molecule has 34 heavy (non-hydrogen) atoms. The monoisotopic (exact) mass is 477 g/mol. The van der Waals surface area contributed by atoms with Crippen LogP contribution in [0.5, 0.6) is 23.0 Å². The first-order valence-corrected chi connectivity index (χ1v) is 11.7. The number of carbonyl (C=O) groups excluding carboxylic acids is 2. The number of methoxy groups -OCH3 is 2. The van der Waals surface area contributed by atoms with E-state index in [4.69, 9.17) is 18.9 Å². The van der Waals surface area contributed by atoms with Crippen LogP contribution in [0.4, 0.5) is 0 Å². The number of amides is 1. The van der Waals surface area contributed by atoms with Crippen molar-refractivity contribution in [3.8, 4) is 23.0 Å². The third-order valence-corrected chi connectivity index (χ3v) is 7.25. The van der Waals surface area contributed by atoms with Crippen LogP contribution in [-0.4, -0.2) is 44.7 Å². The predicted molar refractivity (Wildman–Crippen MR) is 127 cm³/mol. The second-order valence-electron chi connectivity index (χ2n) is 7.82. The Morgan fingerprint density at radius 1 is 1.06 bits per heavy atom. The van der Waals surface area contributed by atoms with E-state index in [9.17, 15) is 9.59 Å². The van der Waals surface area contributed by atoms with Crippen LogP contribution in [-0.2, 0) is 6.42 Å². The minimum Gasteiger partial charge on any atom is -0.493 e. The van der Waals surface area contributed by atoms with Gasteiger partial charge in [-0.05, 0) is 42.3 Å². The van der Waals surface area contributed by atoms with Crippen molar-refractivity contribution in [2.75, 3.05) is 27.6 Å². The molecule has 0 aromatic heterocycles. The number of thioether (sulfide) groups is 1. The van der Waals surface area contributed by atoms with Gasteiger partial charge in [0.2, 0.25) is 6.79 Å². The van der Waals surface area contributed by atoms with E-state index in [0.717, 1.165) is 22.3 Å². The van der Waals surface area contributed by atoms with Gasteiger partial charge in [-0.3, -0.25) is 9.59 Å². The molecule has 0 spiro atoms. The lowest BCUT2D eigenvalue weighted by Crippen LogP contribution is -2.29. The first-order valence-electron chi connectivity index (χ1n) is 10.8. The molecular formula is C26H23NO6S. The van der Waals surface area contributed by atoms with E-state index in [-0.39, 0.29) is 18.1 Å². The van der Waals surface area contributed by atoms with Gasteiger partial charge in [0.15, 0.2) is 23.0 Å². The Hall–Kier alpha value is -3.65. The summed E-state index contributed by atoms with van der Waals surface area (Å²) in [7, 11) is 3.09.